The monoisotopic (exact) mass is 1130 g/mol. The first-order valence-electron chi connectivity index (χ1n) is 30.3. The number of phosphoric ester groups is 2. The maximum atomic E-state index is 12.9. The first-order chi connectivity index (χ1) is 36.7. The van der Waals surface area contributed by atoms with E-state index in [0.29, 0.717) is 25.7 Å². The number of unbranched alkanes of at least 4 members (excludes halogenated alkanes) is 32. The Morgan fingerprint density at radius 1 is 0.316 bits per heavy atom. The van der Waals surface area contributed by atoms with Crippen LogP contribution in [0, 0.1) is 0 Å². The van der Waals surface area contributed by atoms with Crippen LogP contribution in [0.1, 0.15) is 285 Å². The topological polar surface area (TPSA) is 237 Å². The fourth-order valence-electron chi connectivity index (χ4n) is 8.40. The summed E-state index contributed by atoms with van der Waals surface area (Å²) in [5.74, 6) is -2.15. The molecular weight excluding hydrogens is 1020 g/mol. The summed E-state index contributed by atoms with van der Waals surface area (Å²) in [7, 11) is -9.86. The van der Waals surface area contributed by atoms with E-state index in [1.165, 1.54) is 103 Å². The highest BCUT2D eigenvalue weighted by Crippen LogP contribution is 2.45. The summed E-state index contributed by atoms with van der Waals surface area (Å²) in [6.45, 7) is 4.72. The number of rotatable bonds is 58. The van der Waals surface area contributed by atoms with Crippen LogP contribution in [0.2, 0.25) is 0 Å². The van der Waals surface area contributed by atoms with Crippen molar-refractivity contribution in [3.8, 4) is 0 Å². The summed E-state index contributed by atoms with van der Waals surface area (Å²) in [4.78, 5) is 71.5. The van der Waals surface area contributed by atoms with Crippen molar-refractivity contribution in [3.05, 3.63) is 0 Å². The average molecular weight is 1130 g/mol. The number of aliphatic hydroxyl groups excluding tert-OH is 1. The third-order valence-corrected chi connectivity index (χ3v) is 15.0. The quantitative estimate of drug-likeness (QED) is 0.0222. The zero-order valence-corrected chi connectivity index (χ0v) is 50.0. The van der Waals surface area contributed by atoms with Crippen molar-refractivity contribution < 1.29 is 80.2 Å². The Bertz CT molecular complexity index is 1490. The second-order valence-electron chi connectivity index (χ2n) is 20.7. The molecular formula is C57H110O17P2. The molecule has 0 rings (SSSR count). The number of hydrogen-bond donors (Lipinski definition) is 3. The van der Waals surface area contributed by atoms with Crippen LogP contribution in [-0.2, 0) is 65.4 Å². The van der Waals surface area contributed by atoms with Crippen molar-refractivity contribution >= 4 is 39.5 Å². The van der Waals surface area contributed by atoms with E-state index >= 15 is 0 Å². The number of esters is 4. The molecule has 0 spiro atoms. The fraction of sp³-hybridized carbons (Fsp3) is 0.930. The smallest absolute Gasteiger partial charge is 0.462 e. The summed E-state index contributed by atoms with van der Waals surface area (Å²) >= 11 is 0. The maximum absolute atomic E-state index is 12.9. The van der Waals surface area contributed by atoms with Gasteiger partial charge in [0.15, 0.2) is 12.2 Å². The van der Waals surface area contributed by atoms with Crippen LogP contribution < -0.4 is 0 Å². The molecule has 0 aliphatic rings. The summed E-state index contributed by atoms with van der Waals surface area (Å²) < 4.78 is 67.4. The lowest BCUT2D eigenvalue weighted by molar-refractivity contribution is -0.161. The number of ether oxygens (including phenoxy) is 4. The summed E-state index contributed by atoms with van der Waals surface area (Å²) in [5, 5.41) is 10.5. The van der Waals surface area contributed by atoms with Crippen LogP contribution in [0.5, 0.6) is 0 Å². The number of aliphatic hydroxyl groups is 1. The Kier molecular flexibility index (Phi) is 51.1. The van der Waals surface area contributed by atoms with Crippen molar-refractivity contribution in [1.29, 1.82) is 0 Å². The van der Waals surface area contributed by atoms with Gasteiger partial charge in [0.05, 0.1) is 26.4 Å². The molecule has 0 aliphatic carbocycles. The van der Waals surface area contributed by atoms with Crippen molar-refractivity contribution in [2.45, 2.75) is 303 Å². The van der Waals surface area contributed by atoms with Gasteiger partial charge >= 0.3 is 39.5 Å². The fourth-order valence-corrected chi connectivity index (χ4v) is 9.98. The van der Waals surface area contributed by atoms with E-state index in [1.54, 1.807) is 0 Å². The molecule has 0 saturated heterocycles. The highest BCUT2D eigenvalue weighted by Gasteiger charge is 2.30. The van der Waals surface area contributed by atoms with Gasteiger partial charge in [-0.05, 0) is 25.7 Å². The summed E-state index contributed by atoms with van der Waals surface area (Å²) in [5.41, 5.74) is 0. The van der Waals surface area contributed by atoms with E-state index < -0.39 is 97.5 Å². The van der Waals surface area contributed by atoms with E-state index in [9.17, 15) is 43.2 Å². The molecule has 0 saturated carbocycles. The Hall–Kier alpha value is -1.94. The van der Waals surface area contributed by atoms with Crippen molar-refractivity contribution in [3.63, 3.8) is 0 Å². The second-order valence-corrected chi connectivity index (χ2v) is 23.6. The second kappa shape index (κ2) is 52.4. The Morgan fingerprint density at radius 2 is 0.526 bits per heavy atom. The van der Waals surface area contributed by atoms with Gasteiger partial charge in [-0.2, -0.15) is 0 Å². The van der Waals surface area contributed by atoms with Crippen molar-refractivity contribution in [1.82, 2.24) is 0 Å². The molecule has 2 unspecified atom stereocenters. The highest BCUT2D eigenvalue weighted by molar-refractivity contribution is 7.47. The standard InChI is InChI=1S/C57H110O17P2/c1-5-9-13-17-20-23-25-26-27-29-32-36-40-44-57(62)74-53(48-68-55(60)42-38-34-31-28-24-21-18-14-10-6-2)50-72-76(65,66)70-46-51(58)45-69-75(63,64)71-49-52(47-67-54(59)41-37-33-16-12-8-4)73-56(61)43-39-35-30-22-19-15-11-7-3/h51-53,58H,5-50H2,1-4H3,(H,63,64)(H,65,66)/t51-,52+,53+/m0/s1. The van der Waals surface area contributed by atoms with Crippen LogP contribution in [0.3, 0.4) is 0 Å². The summed E-state index contributed by atoms with van der Waals surface area (Å²) in [6, 6.07) is 0. The predicted molar refractivity (Wildman–Crippen MR) is 299 cm³/mol. The van der Waals surface area contributed by atoms with Crippen LogP contribution in [0.25, 0.3) is 0 Å². The van der Waals surface area contributed by atoms with Gasteiger partial charge in [0.2, 0.25) is 0 Å². The highest BCUT2D eigenvalue weighted by atomic mass is 31.2. The molecule has 5 atom stereocenters. The average Bonchev–Trinajstić information content (AvgIpc) is 3.39. The summed E-state index contributed by atoms with van der Waals surface area (Å²) in [6.07, 6.45) is 35.1. The molecule has 17 nitrogen and oxygen atoms in total. The van der Waals surface area contributed by atoms with E-state index in [4.69, 9.17) is 37.0 Å². The SMILES string of the molecule is CCCCCCCCCCCCCCCC(=O)O[C@H](COC(=O)CCCCCCCCCCCC)COP(=O)(O)OC[C@@H](O)COP(=O)(O)OC[C@@H](COC(=O)CCCCCCC)OC(=O)CCCCCCCCCC. The molecule has 19 heteroatoms. The van der Waals surface area contributed by atoms with Gasteiger partial charge in [-0.1, -0.05) is 233 Å². The van der Waals surface area contributed by atoms with Crippen LogP contribution in [-0.4, -0.2) is 96.7 Å². The normalized spacial score (nSPS) is 14.4. The van der Waals surface area contributed by atoms with Gasteiger partial charge in [0.1, 0.15) is 19.3 Å². The van der Waals surface area contributed by atoms with Crippen LogP contribution in [0.4, 0.5) is 0 Å². The van der Waals surface area contributed by atoms with E-state index in [-0.39, 0.29) is 25.7 Å². The molecule has 0 aromatic carbocycles. The van der Waals surface area contributed by atoms with E-state index in [1.807, 2.05) is 0 Å². The lowest BCUT2D eigenvalue weighted by atomic mass is 10.0. The molecule has 0 heterocycles. The number of hydrogen-bond acceptors (Lipinski definition) is 15. The van der Waals surface area contributed by atoms with Gasteiger partial charge in [0, 0.05) is 25.7 Å². The van der Waals surface area contributed by atoms with Gasteiger partial charge in [-0.15, -0.1) is 0 Å². The van der Waals surface area contributed by atoms with E-state index in [2.05, 4.69) is 27.7 Å². The zero-order chi connectivity index (χ0) is 56.2. The molecule has 0 amide bonds. The minimum atomic E-state index is -4.93. The minimum Gasteiger partial charge on any atom is -0.462 e. The third kappa shape index (κ3) is 51.5. The third-order valence-electron chi connectivity index (χ3n) is 13.1. The lowest BCUT2D eigenvalue weighted by Gasteiger charge is -2.21. The number of carbonyl (C=O) groups excluding carboxylic acids is 4. The largest absolute Gasteiger partial charge is 0.472 e. The maximum Gasteiger partial charge on any atom is 0.472 e. The molecule has 0 aliphatic heterocycles. The van der Waals surface area contributed by atoms with Gasteiger partial charge < -0.3 is 33.8 Å². The molecule has 0 aromatic rings. The number of phosphoric acid groups is 2. The Morgan fingerprint density at radius 3 is 0.776 bits per heavy atom. The first-order valence-corrected chi connectivity index (χ1v) is 33.3. The van der Waals surface area contributed by atoms with Gasteiger partial charge in [-0.25, -0.2) is 9.13 Å². The number of carbonyl (C=O) groups is 4. The molecule has 0 fully saturated rings. The Labute approximate surface area is 460 Å². The molecule has 450 valence electrons. The molecule has 3 N–H and O–H groups in total. The molecule has 0 radical (unpaired) electrons. The molecule has 0 aromatic heterocycles. The van der Waals surface area contributed by atoms with E-state index in [0.717, 1.165) is 103 Å². The minimum absolute atomic E-state index is 0.104. The molecule has 76 heavy (non-hydrogen) atoms. The van der Waals surface area contributed by atoms with Gasteiger partial charge in [0.25, 0.3) is 0 Å². The van der Waals surface area contributed by atoms with Gasteiger partial charge in [-0.3, -0.25) is 37.3 Å². The van der Waals surface area contributed by atoms with Crippen LogP contribution in [0.15, 0.2) is 0 Å². The van der Waals surface area contributed by atoms with Crippen LogP contribution >= 0.6 is 15.6 Å². The molecule has 0 bridgehead atoms. The predicted octanol–water partition coefficient (Wildman–Crippen LogP) is 15.2. The van der Waals surface area contributed by atoms with Crippen molar-refractivity contribution in [2.24, 2.45) is 0 Å². The zero-order valence-electron chi connectivity index (χ0n) is 48.2. The lowest BCUT2D eigenvalue weighted by Crippen LogP contribution is -2.30. The first kappa shape index (κ1) is 74.1. The Balaban J connectivity index is 5.17. The van der Waals surface area contributed by atoms with Crippen molar-refractivity contribution in [2.75, 3.05) is 39.6 Å².